The summed E-state index contributed by atoms with van der Waals surface area (Å²) >= 11 is 0. The van der Waals surface area contributed by atoms with Crippen molar-refractivity contribution >= 4 is 81.4 Å². The van der Waals surface area contributed by atoms with Crippen molar-refractivity contribution in [3.63, 3.8) is 0 Å². The van der Waals surface area contributed by atoms with Crippen LogP contribution in [0.3, 0.4) is 0 Å². The maximum Gasteiger partial charge on any atom is 0.0725 e. The van der Waals surface area contributed by atoms with Gasteiger partial charge in [-0.15, -0.1) is 0 Å². The zero-order valence-corrected chi connectivity index (χ0v) is 38.4. The summed E-state index contributed by atoms with van der Waals surface area (Å²) in [4.78, 5) is 0. The summed E-state index contributed by atoms with van der Waals surface area (Å²) in [5.74, 6) is 0. The fraction of sp³-hybridized carbons (Fsp3) is 0.0154. The normalized spacial score (nSPS) is 13.9. The van der Waals surface area contributed by atoms with Crippen molar-refractivity contribution in [2.24, 2.45) is 0 Å². The van der Waals surface area contributed by atoms with E-state index in [-0.39, 0.29) is 0 Å². The van der Waals surface area contributed by atoms with Crippen molar-refractivity contribution in [2.45, 2.75) is 5.41 Å². The molecule has 2 unspecified atom stereocenters. The first-order valence-corrected chi connectivity index (χ1v) is 25.9. The molecule has 14 rings (SSSR count). The highest BCUT2D eigenvalue weighted by molar-refractivity contribution is 7.68. The number of rotatable bonds is 6. The highest BCUT2D eigenvalue weighted by Crippen LogP contribution is 2.63. The van der Waals surface area contributed by atoms with Crippen LogP contribution in [0.2, 0.25) is 0 Å². The maximum atomic E-state index is 2.48. The molecule has 10 aromatic carbocycles. The lowest BCUT2D eigenvalue weighted by atomic mass is 9.70. The minimum absolute atomic E-state index is 0.441. The second kappa shape index (κ2) is 15.2. The summed E-state index contributed by atoms with van der Waals surface area (Å²) in [6.45, 7) is 0. The van der Waals surface area contributed by atoms with Crippen LogP contribution in [0.4, 0.5) is 0 Å². The van der Waals surface area contributed by atoms with Crippen LogP contribution < -0.4 is 0 Å². The van der Waals surface area contributed by atoms with Gasteiger partial charge in [-0.1, -0.05) is 233 Å². The van der Waals surface area contributed by atoms with Crippen LogP contribution in [0.15, 0.2) is 231 Å². The second-order valence-corrected chi connectivity index (χ2v) is 22.3. The van der Waals surface area contributed by atoms with Crippen LogP contribution in [0, 0.1) is 0 Å². The fourth-order valence-corrected chi connectivity index (χ4v) is 16.9. The van der Waals surface area contributed by atoms with Crippen LogP contribution in [0.25, 0.3) is 99.2 Å². The van der Waals surface area contributed by atoms with Gasteiger partial charge in [-0.3, -0.25) is 0 Å². The quantitative estimate of drug-likeness (QED) is 0.146. The van der Waals surface area contributed by atoms with Crippen molar-refractivity contribution in [1.29, 1.82) is 0 Å². The lowest BCUT2D eigenvalue weighted by molar-refractivity contribution is 0.793. The Kier molecular flexibility index (Phi) is 8.72. The fourth-order valence-electron chi connectivity index (χ4n) is 11.7. The summed E-state index contributed by atoms with van der Waals surface area (Å²) in [5.41, 5.74) is 15.1. The summed E-state index contributed by atoms with van der Waals surface area (Å²) in [7, 11) is -1.16. The standard InChI is InChI=1S/C65H42P2/c1-3-15-47(16-4-1)66-61-25-13-9-21-53(61)55-39-43(33-37-63(55)66)27-29-45-31-35-51-52-36-32-46(42-60(52)65(59(51)41-45)57-23-11-7-19-49(57)50-20-8-12-24-58(50)65)30-28-44-34-38-64-56(40-44)54-22-10-14-26-62(54)67(64)48-17-5-2-6-18-48/h1-42H/b29-27+,30-28+. The molecule has 0 amide bonds. The van der Waals surface area contributed by atoms with E-state index in [1.165, 1.54) is 119 Å². The molecular formula is C65H42P2. The number of benzene rings is 10. The predicted octanol–water partition coefficient (Wildman–Crippen LogP) is 18.9. The first kappa shape index (κ1) is 38.5. The van der Waals surface area contributed by atoms with Gasteiger partial charge in [0, 0.05) is 20.5 Å². The van der Waals surface area contributed by atoms with Crippen molar-refractivity contribution in [1.82, 2.24) is 0 Å². The molecular weight excluding hydrogens is 843 g/mol. The van der Waals surface area contributed by atoms with Crippen molar-refractivity contribution < 1.29 is 0 Å². The molecule has 0 bridgehead atoms. The Morgan fingerprint density at radius 3 is 1.06 bits per heavy atom. The molecule has 2 heterocycles. The molecule has 12 aromatic rings. The molecule has 0 N–H and O–H groups in total. The molecule has 1 spiro atoms. The zero-order valence-electron chi connectivity index (χ0n) is 36.6. The molecule has 67 heavy (non-hydrogen) atoms. The lowest BCUT2D eigenvalue weighted by Crippen LogP contribution is -2.26. The van der Waals surface area contributed by atoms with E-state index in [1.54, 1.807) is 0 Å². The number of fused-ring (bicyclic) bond motifs is 16. The van der Waals surface area contributed by atoms with E-state index in [0.29, 0.717) is 0 Å². The van der Waals surface area contributed by atoms with Gasteiger partial charge in [0.1, 0.15) is 0 Å². The monoisotopic (exact) mass is 884 g/mol. The highest BCUT2D eigenvalue weighted by Gasteiger charge is 2.51. The van der Waals surface area contributed by atoms with E-state index >= 15 is 0 Å². The van der Waals surface area contributed by atoms with Crippen molar-refractivity contribution in [3.05, 3.63) is 275 Å². The van der Waals surface area contributed by atoms with E-state index in [4.69, 9.17) is 0 Å². The van der Waals surface area contributed by atoms with Gasteiger partial charge < -0.3 is 0 Å². The van der Waals surface area contributed by atoms with Gasteiger partial charge in [0.2, 0.25) is 0 Å². The molecule has 2 heteroatoms. The third-order valence-electron chi connectivity index (χ3n) is 14.5. The molecule has 0 saturated carbocycles. The lowest BCUT2D eigenvalue weighted by Gasteiger charge is -2.30. The molecule has 312 valence electrons. The third kappa shape index (κ3) is 5.81. The summed E-state index contributed by atoms with van der Waals surface area (Å²) in [5, 5.41) is 14.0. The number of hydrogen-bond donors (Lipinski definition) is 0. The Labute approximate surface area is 392 Å². The van der Waals surface area contributed by atoms with Crippen LogP contribution in [-0.4, -0.2) is 0 Å². The first-order valence-electron chi connectivity index (χ1n) is 23.2. The zero-order chi connectivity index (χ0) is 44.1. The minimum Gasteiger partial charge on any atom is -0.0772 e. The smallest absolute Gasteiger partial charge is 0.0725 e. The number of hydrogen-bond acceptors (Lipinski definition) is 0. The van der Waals surface area contributed by atoms with Gasteiger partial charge in [0.05, 0.1) is 5.41 Å². The van der Waals surface area contributed by atoms with Crippen LogP contribution in [0.5, 0.6) is 0 Å². The second-order valence-electron chi connectivity index (χ2n) is 18.0. The molecule has 0 fully saturated rings. The van der Waals surface area contributed by atoms with Gasteiger partial charge in [-0.25, -0.2) is 0 Å². The van der Waals surface area contributed by atoms with E-state index in [9.17, 15) is 0 Å². The van der Waals surface area contributed by atoms with E-state index in [0.717, 1.165) is 0 Å². The van der Waals surface area contributed by atoms with E-state index < -0.39 is 20.5 Å². The van der Waals surface area contributed by atoms with Gasteiger partial charge in [-0.2, -0.15) is 0 Å². The largest absolute Gasteiger partial charge is 0.0772 e. The Bertz CT molecular complexity index is 3760. The maximum absolute atomic E-state index is 2.48. The van der Waals surface area contributed by atoms with Crippen molar-refractivity contribution in [2.75, 3.05) is 0 Å². The van der Waals surface area contributed by atoms with Gasteiger partial charge >= 0.3 is 0 Å². The summed E-state index contributed by atoms with van der Waals surface area (Å²) in [6, 6.07) is 86.8. The van der Waals surface area contributed by atoms with Crippen LogP contribution in [0.1, 0.15) is 44.5 Å². The minimum atomic E-state index is -0.578. The van der Waals surface area contributed by atoms with Crippen LogP contribution in [-0.2, 0) is 5.41 Å². The average molecular weight is 885 g/mol. The molecule has 0 aliphatic heterocycles. The van der Waals surface area contributed by atoms with E-state index in [2.05, 4.69) is 255 Å². The van der Waals surface area contributed by atoms with Gasteiger partial charge in [-0.05, 0) is 135 Å². The average Bonchev–Trinajstić information content (AvgIpc) is 4.09. The molecule has 2 aromatic heterocycles. The Balaban J connectivity index is 0.874. The van der Waals surface area contributed by atoms with E-state index in [1.807, 2.05) is 0 Å². The molecule has 0 radical (unpaired) electrons. The summed E-state index contributed by atoms with van der Waals surface area (Å²) < 4.78 is 0. The highest BCUT2D eigenvalue weighted by atomic mass is 31.1. The van der Waals surface area contributed by atoms with Crippen LogP contribution >= 0.6 is 15.1 Å². The Hall–Kier alpha value is -7.72. The SMILES string of the molecule is C(=C\c1ccc2c(c1)c1ccccc1p2-c1ccccc1)/c1ccc2c(c1)C1(c3ccccc3-c3ccccc31)c1cc(/C=C/c3ccc4c(c3)c3ccccc3p4-c3ccccc3)ccc1-2. The third-order valence-corrected chi connectivity index (χ3v) is 19.6. The topological polar surface area (TPSA) is 0 Å². The Morgan fingerprint density at radius 1 is 0.254 bits per heavy atom. The molecule has 2 aliphatic carbocycles. The van der Waals surface area contributed by atoms with Gasteiger partial charge in [0.25, 0.3) is 0 Å². The molecule has 2 atom stereocenters. The van der Waals surface area contributed by atoms with Crippen molar-refractivity contribution in [3.8, 4) is 32.9 Å². The predicted molar refractivity (Wildman–Crippen MR) is 292 cm³/mol. The molecule has 0 nitrogen and oxygen atoms in total. The summed E-state index contributed by atoms with van der Waals surface area (Å²) in [6.07, 6.45) is 9.25. The Morgan fingerprint density at radius 2 is 0.597 bits per heavy atom. The molecule has 0 saturated heterocycles. The first-order chi connectivity index (χ1) is 33.2. The molecule has 2 aliphatic rings. The van der Waals surface area contributed by atoms with Gasteiger partial charge in [0.15, 0.2) is 0 Å².